The summed E-state index contributed by atoms with van der Waals surface area (Å²) < 4.78 is 14.6. The van der Waals surface area contributed by atoms with E-state index in [9.17, 15) is 14.0 Å². The van der Waals surface area contributed by atoms with Gasteiger partial charge in [0, 0.05) is 12.7 Å². The van der Waals surface area contributed by atoms with Gasteiger partial charge in [-0.25, -0.2) is 9.37 Å². The van der Waals surface area contributed by atoms with Crippen LogP contribution in [-0.2, 0) is 4.79 Å². The molecule has 0 radical (unpaired) electrons. The van der Waals surface area contributed by atoms with E-state index in [1.165, 1.54) is 39.9 Å². The zero-order chi connectivity index (χ0) is 20.4. The molecule has 29 heavy (non-hydrogen) atoms. The van der Waals surface area contributed by atoms with E-state index < -0.39 is 0 Å². The standard InChI is InChI=1S/C20H16FN5O2S/c1-25(14-9-7-13(21)8-10-14)17(27)12-29-20-23-18-16(11-22-24-18)19(28)26(20)15-5-3-2-4-6-15/h2-11H,12H2,1H3,(H,22,24). The average molecular weight is 409 g/mol. The largest absolute Gasteiger partial charge is 0.315 e. The number of hydrogen-bond donors (Lipinski definition) is 1. The molecule has 1 amide bonds. The average Bonchev–Trinajstić information content (AvgIpc) is 3.22. The summed E-state index contributed by atoms with van der Waals surface area (Å²) in [5, 5.41) is 7.34. The van der Waals surface area contributed by atoms with E-state index in [1.54, 1.807) is 19.2 Å². The van der Waals surface area contributed by atoms with Crippen LogP contribution in [0.4, 0.5) is 10.1 Å². The molecule has 2 aromatic heterocycles. The zero-order valence-electron chi connectivity index (χ0n) is 15.4. The summed E-state index contributed by atoms with van der Waals surface area (Å²) in [6.07, 6.45) is 1.44. The maximum absolute atomic E-state index is 13.1. The van der Waals surface area contributed by atoms with Crippen molar-refractivity contribution in [3.05, 3.63) is 77.0 Å². The summed E-state index contributed by atoms with van der Waals surface area (Å²) >= 11 is 1.15. The number of H-pyrrole nitrogens is 1. The normalized spacial score (nSPS) is 11.0. The van der Waals surface area contributed by atoms with Gasteiger partial charge >= 0.3 is 0 Å². The molecule has 4 rings (SSSR count). The molecule has 0 aliphatic carbocycles. The fourth-order valence-electron chi connectivity index (χ4n) is 2.81. The van der Waals surface area contributed by atoms with Gasteiger partial charge in [-0.1, -0.05) is 30.0 Å². The van der Waals surface area contributed by atoms with Crippen molar-refractivity contribution >= 4 is 34.4 Å². The number of benzene rings is 2. The number of hydrogen-bond acceptors (Lipinski definition) is 5. The van der Waals surface area contributed by atoms with Gasteiger partial charge in [0.05, 0.1) is 17.6 Å². The van der Waals surface area contributed by atoms with Crippen LogP contribution >= 0.6 is 11.8 Å². The van der Waals surface area contributed by atoms with Gasteiger partial charge in [-0.3, -0.25) is 19.3 Å². The first-order chi connectivity index (χ1) is 14.0. The number of carbonyl (C=O) groups excluding carboxylic acids is 1. The van der Waals surface area contributed by atoms with E-state index in [4.69, 9.17) is 0 Å². The molecular formula is C20H16FN5O2S. The summed E-state index contributed by atoms with van der Waals surface area (Å²) in [5.74, 6) is -0.527. The Morgan fingerprint density at radius 1 is 1.17 bits per heavy atom. The fourth-order valence-corrected chi connectivity index (χ4v) is 3.73. The van der Waals surface area contributed by atoms with E-state index in [-0.39, 0.29) is 23.0 Å². The number of aromatic amines is 1. The van der Waals surface area contributed by atoms with E-state index in [1.807, 2.05) is 18.2 Å². The third-order valence-electron chi connectivity index (χ3n) is 4.38. The molecule has 0 bridgehead atoms. The number of halogens is 1. The topological polar surface area (TPSA) is 83.9 Å². The molecule has 9 heteroatoms. The highest BCUT2D eigenvalue weighted by molar-refractivity contribution is 7.99. The highest BCUT2D eigenvalue weighted by Gasteiger charge is 2.17. The van der Waals surface area contributed by atoms with E-state index in [0.717, 1.165) is 11.8 Å². The number of anilines is 1. The van der Waals surface area contributed by atoms with E-state index in [0.29, 0.717) is 27.6 Å². The van der Waals surface area contributed by atoms with Gasteiger partial charge in [0.1, 0.15) is 11.2 Å². The van der Waals surface area contributed by atoms with Gasteiger partial charge in [-0.15, -0.1) is 0 Å². The molecular weight excluding hydrogens is 393 g/mol. The number of aromatic nitrogens is 4. The van der Waals surface area contributed by atoms with Crippen molar-refractivity contribution < 1.29 is 9.18 Å². The number of rotatable bonds is 5. The molecule has 0 aliphatic heterocycles. The molecule has 0 fully saturated rings. The van der Waals surface area contributed by atoms with Gasteiger partial charge in [0.25, 0.3) is 5.56 Å². The second kappa shape index (κ2) is 7.88. The molecule has 0 saturated carbocycles. The quantitative estimate of drug-likeness (QED) is 0.405. The van der Waals surface area contributed by atoms with Crippen molar-refractivity contribution in [1.82, 2.24) is 19.7 Å². The minimum atomic E-state index is -0.368. The Labute approximate surface area is 169 Å². The van der Waals surface area contributed by atoms with Crippen molar-refractivity contribution in [3.8, 4) is 5.69 Å². The highest BCUT2D eigenvalue weighted by atomic mass is 32.2. The summed E-state index contributed by atoms with van der Waals surface area (Å²) in [6.45, 7) is 0. The number of thioether (sulfide) groups is 1. The predicted molar refractivity (Wildman–Crippen MR) is 110 cm³/mol. The Balaban J connectivity index is 1.64. The molecule has 1 N–H and O–H groups in total. The first kappa shape index (κ1) is 18.9. The predicted octanol–water partition coefficient (Wildman–Crippen LogP) is 3.00. The lowest BCUT2D eigenvalue weighted by Gasteiger charge is -2.17. The van der Waals surface area contributed by atoms with Crippen molar-refractivity contribution in [2.24, 2.45) is 0 Å². The molecule has 0 spiro atoms. The van der Waals surface area contributed by atoms with Crippen LogP contribution in [0.15, 0.2) is 70.7 Å². The monoisotopic (exact) mass is 409 g/mol. The molecule has 2 heterocycles. The van der Waals surface area contributed by atoms with Crippen LogP contribution < -0.4 is 10.5 Å². The Morgan fingerprint density at radius 3 is 2.62 bits per heavy atom. The lowest BCUT2D eigenvalue weighted by molar-refractivity contribution is -0.115. The second-order valence-electron chi connectivity index (χ2n) is 6.22. The SMILES string of the molecule is CN(C(=O)CSc1nc2[nH]ncc2c(=O)n1-c1ccccc1)c1ccc(F)cc1. The summed E-state index contributed by atoms with van der Waals surface area (Å²) in [5.41, 5.74) is 1.32. The maximum atomic E-state index is 13.1. The van der Waals surface area contributed by atoms with Crippen LogP contribution in [0.2, 0.25) is 0 Å². The van der Waals surface area contributed by atoms with Crippen molar-refractivity contribution in [2.75, 3.05) is 17.7 Å². The summed E-state index contributed by atoms with van der Waals surface area (Å²) in [6, 6.07) is 14.8. The van der Waals surface area contributed by atoms with Crippen molar-refractivity contribution in [3.63, 3.8) is 0 Å². The molecule has 0 aliphatic rings. The number of nitrogens with one attached hydrogen (secondary N) is 1. The lowest BCUT2D eigenvalue weighted by Crippen LogP contribution is -2.28. The maximum Gasteiger partial charge on any atom is 0.269 e. The van der Waals surface area contributed by atoms with Crippen LogP contribution in [0.5, 0.6) is 0 Å². The number of carbonyl (C=O) groups is 1. The molecule has 146 valence electrons. The number of para-hydroxylation sites is 1. The van der Waals surface area contributed by atoms with Gasteiger partial charge < -0.3 is 4.90 Å². The number of amides is 1. The first-order valence-electron chi connectivity index (χ1n) is 8.71. The summed E-state index contributed by atoms with van der Waals surface area (Å²) in [7, 11) is 1.62. The molecule has 2 aromatic carbocycles. The van der Waals surface area contributed by atoms with Gasteiger partial charge in [0.2, 0.25) is 5.91 Å². The summed E-state index contributed by atoms with van der Waals surface area (Å²) in [4.78, 5) is 31.5. The molecule has 0 saturated heterocycles. The molecule has 0 atom stereocenters. The molecule has 0 unspecified atom stereocenters. The third-order valence-corrected chi connectivity index (χ3v) is 5.30. The number of nitrogens with zero attached hydrogens (tertiary/aromatic N) is 4. The first-order valence-corrected chi connectivity index (χ1v) is 9.69. The zero-order valence-corrected chi connectivity index (χ0v) is 16.2. The van der Waals surface area contributed by atoms with Gasteiger partial charge in [-0.05, 0) is 36.4 Å². The Bertz CT molecular complexity index is 1220. The minimum absolute atomic E-state index is 0.0484. The number of fused-ring (bicyclic) bond motifs is 1. The van der Waals surface area contributed by atoms with Crippen molar-refractivity contribution in [2.45, 2.75) is 5.16 Å². The van der Waals surface area contributed by atoms with Crippen molar-refractivity contribution in [1.29, 1.82) is 0 Å². The fraction of sp³-hybridized carbons (Fsp3) is 0.100. The third kappa shape index (κ3) is 3.77. The molecule has 7 nitrogen and oxygen atoms in total. The van der Waals surface area contributed by atoms with Crippen LogP contribution in [0.1, 0.15) is 0 Å². The van der Waals surface area contributed by atoms with E-state index in [2.05, 4.69) is 15.2 Å². The highest BCUT2D eigenvalue weighted by Crippen LogP contribution is 2.22. The Morgan fingerprint density at radius 2 is 1.90 bits per heavy atom. The van der Waals surface area contributed by atoms with Crippen LogP contribution in [0, 0.1) is 5.82 Å². The van der Waals surface area contributed by atoms with Crippen LogP contribution in [0.3, 0.4) is 0 Å². The van der Waals surface area contributed by atoms with Gasteiger partial charge in [0.15, 0.2) is 10.8 Å². The van der Waals surface area contributed by atoms with Gasteiger partial charge in [-0.2, -0.15) is 5.10 Å². The lowest BCUT2D eigenvalue weighted by atomic mass is 10.3. The molecule has 4 aromatic rings. The van der Waals surface area contributed by atoms with Crippen LogP contribution in [0.25, 0.3) is 16.7 Å². The minimum Gasteiger partial charge on any atom is -0.315 e. The second-order valence-corrected chi connectivity index (χ2v) is 7.16. The Kier molecular flexibility index (Phi) is 5.13. The van der Waals surface area contributed by atoms with E-state index >= 15 is 0 Å². The van der Waals surface area contributed by atoms with Crippen LogP contribution in [-0.4, -0.2) is 38.5 Å². The Hall–Kier alpha value is -3.46. The smallest absolute Gasteiger partial charge is 0.269 e.